The van der Waals surface area contributed by atoms with Crippen molar-refractivity contribution >= 4 is 0 Å². The number of nitrogens with zero attached hydrogens (tertiary/aromatic N) is 2. The molecule has 0 saturated carbocycles. The largest absolute Gasteiger partial charge is 0.258 e. The molecule has 1 aromatic rings. The lowest BCUT2D eigenvalue weighted by Crippen LogP contribution is -2.38. The monoisotopic (exact) mass is 461 g/mol. The lowest BCUT2D eigenvalue weighted by atomic mass is 10.0. The van der Waals surface area contributed by atoms with Gasteiger partial charge in [-0.05, 0) is 25.7 Å². The van der Waals surface area contributed by atoms with Crippen LogP contribution in [0.2, 0.25) is 0 Å². The highest BCUT2D eigenvalue weighted by Crippen LogP contribution is 2.15. The van der Waals surface area contributed by atoms with E-state index < -0.39 is 0 Å². The highest BCUT2D eigenvalue weighted by atomic mass is 15.1. The van der Waals surface area contributed by atoms with Crippen LogP contribution in [-0.2, 0) is 13.1 Å². The molecule has 2 nitrogen and oxygen atoms in total. The van der Waals surface area contributed by atoms with Crippen LogP contribution in [-0.4, -0.2) is 4.57 Å². The van der Waals surface area contributed by atoms with Gasteiger partial charge in [-0.15, -0.1) is 0 Å². The third-order valence-corrected chi connectivity index (χ3v) is 7.29. The van der Waals surface area contributed by atoms with E-state index in [9.17, 15) is 0 Å². The molecule has 0 amide bonds. The van der Waals surface area contributed by atoms with Crippen LogP contribution in [0.4, 0.5) is 0 Å². The summed E-state index contributed by atoms with van der Waals surface area (Å²) in [4.78, 5) is 0. The Morgan fingerprint density at radius 2 is 0.970 bits per heavy atom. The highest BCUT2D eigenvalue weighted by Gasteiger charge is 2.19. The first-order valence-corrected chi connectivity index (χ1v) is 15.3. The Labute approximate surface area is 208 Å². The number of hydrogen-bond acceptors (Lipinski definition) is 0. The SMILES string of the molecule is CCCCCCCCCCCCCCCCn1cc[n+](CCCCCCCCC)c1C(C)C. The van der Waals surface area contributed by atoms with Crippen LogP contribution in [0.5, 0.6) is 0 Å². The van der Waals surface area contributed by atoms with Crippen molar-refractivity contribution < 1.29 is 4.57 Å². The molecule has 0 N–H and O–H groups in total. The fourth-order valence-electron chi connectivity index (χ4n) is 5.24. The Morgan fingerprint density at radius 1 is 0.576 bits per heavy atom. The summed E-state index contributed by atoms with van der Waals surface area (Å²) in [5.74, 6) is 2.15. The van der Waals surface area contributed by atoms with Crippen molar-refractivity contribution in [1.82, 2.24) is 4.57 Å². The topological polar surface area (TPSA) is 8.81 Å². The van der Waals surface area contributed by atoms with Gasteiger partial charge in [0.15, 0.2) is 0 Å². The molecule has 0 unspecified atom stereocenters. The van der Waals surface area contributed by atoms with Crippen LogP contribution in [0, 0.1) is 0 Å². The summed E-state index contributed by atoms with van der Waals surface area (Å²) in [6.45, 7) is 11.7. The van der Waals surface area contributed by atoms with E-state index in [0.29, 0.717) is 5.92 Å². The van der Waals surface area contributed by atoms with Crippen molar-refractivity contribution in [1.29, 1.82) is 0 Å². The minimum Gasteiger partial charge on any atom is -0.234 e. The van der Waals surface area contributed by atoms with Crippen molar-refractivity contribution in [3.05, 3.63) is 18.2 Å². The molecular weight excluding hydrogens is 400 g/mol. The summed E-state index contributed by atoms with van der Waals surface area (Å²) in [5, 5.41) is 0. The van der Waals surface area contributed by atoms with Crippen LogP contribution in [0.3, 0.4) is 0 Å². The molecular formula is C31H61N2+. The molecule has 0 saturated heterocycles. The number of rotatable bonds is 24. The van der Waals surface area contributed by atoms with Crippen LogP contribution < -0.4 is 4.57 Å². The fourth-order valence-corrected chi connectivity index (χ4v) is 5.24. The van der Waals surface area contributed by atoms with Gasteiger partial charge in [-0.3, -0.25) is 0 Å². The first-order chi connectivity index (χ1) is 16.2. The van der Waals surface area contributed by atoms with E-state index in [1.54, 1.807) is 0 Å². The second-order valence-electron chi connectivity index (χ2n) is 10.9. The predicted octanol–water partition coefficient (Wildman–Crippen LogP) is 10.1. The van der Waals surface area contributed by atoms with Crippen molar-refractivity contribution in [3.63, 3.8) is 0 Å². The summed E-state index contributed by atoms with van der Waals surface area (Å²) >= 11 is 0. The number of imidazole rings is 1. The first-order valence-electron chi connectivity index (χ1n) is 15.3. The van der Waals surface area contributed by atoms with Gasteiger partial charge in [-0.25, -0.2) is 9.13 Å². The maximum absolute atomic E-state index is 2.55. The maximum atomic E-state index is 2.55. The molecule has 0 aliphatic heterocycles. The zero-order valence-corrected chi connectivity index (χ0v) is 23.4. The molecule has 0 aromatic carbocycles. The summed E-state index contributed by atoms with van der Waals surface area (Å²) in [5.41, 5.74) is 0. The zero-order valence-electron chi connectivity index (χ0n) is 23.4. The van der Waals surface area contributed by atoms with Gasteiger partial charge < -0.3 is 0 Å². The second-order valence-corrected chi connectivity index (χ2v) is 10.9. The lowest BCUT2D eigenvalue weighted by Gasteiger charge is -2.08. The van der Waals surface area contributed by atoms with E-state index in [-0.39, 0.29) is 0 Å². The van der Waals surface area contributed by atoms with Gasteiger partial charge in [0.1, 0.15) is 12.4 Å². The Hall–Kier alpha value is -0.790. The normalized spacial score (nSPS) is 11.7. The molecule has 1 aromatic heterocycles. The van der Waals surface area contributed by atoms with E-state index in [0.717, 1.165) is 0 Å². The molecule has 0 aliphatic carbocycles. The third-order valence-electron chi connectivity index (χ3n) is 7.29. The Kier molecular flexibility index (Phi) is 19.9. The number of aromatic nitrogens is 2. The second kappa shape index (κ2) is 21.7. The van der Waals surface area contributed by atoms with Crippen molar-refractivity contribution in [3.8, 4) is 0 Å². The van der Waals surface area contributed by atoms with Crippen LogP contribution >= 0.6 is 0 Å². The minimum atomic E-state index is 0.608. The average molecular weight is 462 g/mol. The molecule has 0 aliphatic rings. The number of hydrogen-bond donors (Lipinski definition) is 0. The Morgan fingerprint density at radius 3 is 1.39 bits per heavy atom. The maximum Gasteiger partial charge on any atom is 0.258 e. The van der Waals surface area contributed by atoms with Gasteiger partial charge in [0.2, 0.25) is 0 Å². The number of aryl methyl sites for hydroxylation is 2. The average Bonchev–Trinajstić information content (AvgIpc) is 3.21. The van der Waals surface area contributed by atoms with E-state index >= 15 is 0 Å². The molecule has 0 bridgehead atoms. The van der Waals surface area contributed by atoms with Gasteiger partial charge in [-0.2, -0.15) is 0 Å². The molecule has 194 valence electrons. The Bertz CT molecular complexity index is 531. The summed E-state index contributed by atoms with van der Waals surface area (Å²) in [7, 11) is 0. The highest BCUT2D eigenvalue weighted by molar-refractivity contribution is 4.89. The van der Waals surface area contributed by atoms with Crippen molar-refractivity contribution in [2.45, 2.75) is 182 Å². The van der Waals surface area contributed by atoms with Crippen LogP contribution in [0.1, 0.15) is 174 Å². The van der Waals surface area contributed by atoms with E-state index in [2.05, 4.69) is 49.2 Å². The third kappa shape index (κ3) is 15.7. The van der Waals surface area contributed by atoms with Crippen molar-refractivity contribution in [2.75, 3.05) is 0 Å². The minimum absolute atomic E-state index is 0.608. The number of unbranched alkanes of at least 4 members (excludes halogenated alkanes) is 19. The van der Waals surface area contributed by atoms with Gasteiger partial charge >= 0.3 is 0 Å². The summed E-state index contributed by atoms with van der Waals surface area (Å²) < 4.78 is 5.09. The Balaban J connectivity index is 2.08. The summed E-state index contributed by atoms with van der Waals surface area (Å²) in [6, 6.07) is 0. The first kappa shape index (κ1) is 30.2. The van der Waals surface area contributed by atoms with E-state index in [1.807, 2.05) is 0 Å². The summed E-state index contributed by atoms with van der Waals surface area (Å²) in [6.07, 6.45) is 34.5. The molecule has 0 atom stereocenters. The van der Waals surface area contributed by atoms with Crippen molar-refractivity contribution in [2.24, 2.45) is 0 Å². The molecule has 0 radical (unpaired) electrons. The standard InChI is InChI=1S/C31H61N2/c1-5-7-9-11-13-14-15-16-17-18-19-21-23-25-27-33-29-28-32(31(33)30(3)4)26-24-22-20-12-10-8-6-2/h28-30H,5-27H2,1-4H3/q+1. The van der Waals surface area contributed by atoms with E-state index in [1.165, 1.54) is 154 Å². The smallest absolute Gasteiger partial charge is 0.234 e. The van der Waals surface area contributed by atoms with Crippen LogP contribution in [0.15, 0.2) is 12.4 Å². The molecule has 0 fully saturated rings. The van der Waals surface area contributed by atoms with Crippen LogP contribution in [0.25, 0.3) is 0 Å². The molecule has 0 spiro atoms. The van der Waals surface area contributed by atoms with Gasteiger partial charge in [0.25, 0.3) is 5.82 Å². The molecule has 2 heteroatoms. The molecule has 33 heavy (non-hydrogen) atoms. The van der Waals surface area contributed by atoms with Gasteiger partial charge in [0.05, 0.1) is 19.0 Å². The molecule has 1 rings (SSSR count). The zero-order chi connectivity index (χ0) is 24.0. The fraction of sp³-hybridized carbons (Fsp3) is 0.903. The molecule has 1 heterocycles. The predicted molar refractivity (Wildman–Crippen MR) is 147 cm³/mol. The lowest BCUT2D eigenvalue weighted by molar-refractivity contribution is -0.705. The van der Waals surface area contributed by atoms with Gasteiger partial charge in [0, 0.05) is 0 Å². The quantitative estimate of drug-likeness (QED) is 0.107. The van der Waals surface area contributed by atoms with E-state index in [4.69, 9.17) is 0 Å². The van der Waals surface area contributed by atoms with Gasteiger partial charge in [-0.1, -0.05) is 137 Å².